The third-order valence-corrected chi connectivity index (χ3v) is 5.29. The van der Waals surface area contributed by atoms with Gasteiger partial charge in [-0.1, -0.05) is 0 Å². The Kier molecular flexibility index (Phi) is 6.14. The molecular weight excluding hydrogens is 330 g/mol. The van der Waals surface area contributed by atoms with Gasteiger partial charge in [-0.15, -0.1) is 0 Å². The SMILES string of the molecule is CC(C)(C)OC(=O)N1CC(C2CCCN(CCNS(C)(=O)=O)C2)C1. The van der Waals surface area contributed by atoms with Crippen LogP contribution in [-0.2, 0) is 14.8 Å². The molecule has 0 spiro atoms. The molecule has 2 fully saturated rings. The van der Waals surface area contributed by atoms with Gasteiger partial charge in [0.05, 0.1) is 6.26 Å². The predicted molar refractivity (Wildman–Crippen MR) is 93.3 cm³/mol. The van der Waals surface area contributed by atoms with Crippen LogP contribution in [0.1, 0.15) is 33.6 Å². The lowest BCUT2D eigenvalue weighted by Crippen LogP contribution is -2.56. The highest BCUT2D eigenvalue weighted by atomic mass is 32.2. The second kappa shape index (κ2) is 7.58. The van der Waals surface area contributed by atoms with Crippen molar-refractivity contribution < 1.29 is 17.9 Å². The number of rotatable bonds is 5. The second-order valence-corrected chi connectivity index (χ2v) is 9.85. The van der Waals surface area contributed by atoms with E-state index in [0.29, 0.717) is 18.4 Å². The lowest BCUT2D eigenvalue weighted by molar-refractivity contribution is -0.0194. The maximum atomic E-state index is 12.0. The summed E-state index contributed by atoms with van der Waals surface area (Å²) in [4.78, 5) is 16.1. The summed E-state index contributed by atoms with van der Waals surface area (Å²) in [5.41, 5.74) is -0.448. The van der Waals surface area contributed by atoms with Crippen LogP contribution >= 0.6 is 0 Å². The molecular formula is C16H31N3O4S. The molecule has 24 heavy (non-hydrogen) atoms. The van der Waals surface area contributed by atoms with Crippen molar-refractivity contribution in [3.63, 3.8) is 0 Å². The average molecular weight is 362 g/mol. The Hall–Kier alpha value is -0.860. The van der Waals surface area contributed by atoms with E-state index in [1.165, 1.54) is 12.7 Å². The number of amides is 1. The highest BCUT2D eigenvalue weighted by Gasteiger charge is 2.39. The number of hydrogen-bond donors (Lipinski definition) is 1. The predicted octanol–water partition coefficient (Wildman–Crippen LogP) is 1.11. The third kappa shape index (κ3) is 6.22. The summed E-state index contributed by atoms with van der Waals surface area (Å²) >= 11 is 0. The molecule has 2 aliphatic heterocycles. The summed E-state index contributed by atoms with van der Waals surface area (Å²) in [6.07, 6.45) is 3.28. The molecule has 0 saturated carbocycles. The van der Waals surface area contributed by atoms with Crippen molar-refractivity contribution in [3.8, 4) is 0 Å². The topological polar surface area (TPSA) is 79.0 Å². The molecule has 2 saturated heterocycles. The fourth-order valence-electron chi connectivity index (χ4n) is 3.35. The van der Waals surface area contributed by atoms with Crippen LogP contribution in [0.25, 0.3) is 0 Å². The Morgan fingerprint density at radius 1 is 1.21 bits per heavy atom. The average Bonchev–Trinajstić information content (AvgIpc) is 2.33. The van der Waals surface area contributed by atoms with Crippen LogP contribution in [0.5, 0.6) is 0 Å². The monoisotopic (exact) mass is 361 g/mol. The molecule has 0 aromatic heterocycles. The third-order valence-electron chi connectivity index (χ3n) is 4.56. The minimum absolute atomic E-state index is 0.219. The number of carbonyl (C=O) groups is 1. The van der Waals surface area contributed by atoms with Gasteiger partial charge in [-0.25, -0.2) is 17.9 Å². The van der Waals surface area contributed by atoms with Crippen LogP contribution in [0.3, 0.4) is 0 Å². The van der Waals surface area contributed by atoms with E-state index in [0.717, 1.165) is 39.1 Å². The van der Waals surface area contributed by atoms with Crippen molar-refractivity contribution in [2.45, 2.75) is 39.2 Å². The number of sulfonamides is 1. The zero-order valence-corrected chi connectivity index (χ0v) is 16.1. The fourth-order valence-corrected chi connectivity index (χ4v) is 3.82. The van der Waals surface area contributed by atoms with Gasteiger partial charge in [0.25, 0.3) is 0 Å². The molecule has 0 aromatic carbocycles. The van der Waals surface area contributed by atoms with E-state index in [1.807, 2.05) is 20.8 Å². The first-order chi connectivity index (χ1) is 11.0. The highest BCUT2D eigenvalue weighted by Crippen LogP contribution is 2.31. The standard InChI is InChI=1S/C16H31N3O4S/c1-16(2,3)23-15(20)19-11-14(12-19)13-6-5-8-18(10-13)9-7-17-24(4,21)22/h13-14,17H,5-12H2,1-4H3. The molecule has 1 amide bonds. The van der Waals surface area contributed by atoms with Gasteiger partial charge in [-0.3, -0.25) is 0 Å². The van der Waals surface area contributed by atoms with Crippen molar-refractivity contribution in [3.05, 3.63) is 0 Å². The van der Waals surface area contributed by atoms with Gasteiger partial charge in [-0.2, -0.15) is 0 Å². The van der Waals surface area contributed by atoms with Gasteiger partial charge < -0.3 is 14.5 Å². The van der Waals surface area contributed by atoms with Gasteiger partial charge >= 0.3 is 6.09 Å². The minimum atomic E-state index is -3.11. The first kappa shape index (κ1) is 19.5. The molecule has 1 unspecified atom stereocenters. The summed E-state index contributed by atoms with van der Waals surface area (Å²) in [6.45, 7) is 10.4. The summed E-state index contributed by atoms with van der Waals surface area (Å²) < 4.78 is 30.2. The van der Waals surface area contributed by atoms with E-state index in [2.05, 4.69) is 9.62 Å². The zero-order valence-electron chi connectivity index (χ0n) is 15.2. The molecule has 2 aliphatic rings. The first-order valence-corrected chi connectivity index (χ1v) is 10.6. The number of nitrogens with one attached hydrogen (secondary N) is 1. The molecule has 0 radical (unpaired) electrons. The molecule has 1 atom stereocenters. The first-order valence-electron chi connectivity index (χ1n) is 8.68. The van der Waals surface area contributed by atoms with E-state index in [-0.39, 0.29) is 6.09 Å². The molecule has 140 valence electrons. The maximum absolute atomic E-state index is 12.0. The molecule has 0 aliphatic carbocycles. The number of ether oxygens (including phenoxy) is 1. The van der Waals surface area contributed by atoms with Crippen molar-refractivity contribution in [1.82, 2.24) is 14.5 Å². The summed E-state index contributed by atoms with van der Waals surface area (Å²) in [5.74, 6) is 1.11. The van der Waals surface area contributed by atoms with E-state index >= 15 is 0 Å². The van der Waals surface area contributed by atoms with Crippen molar-refractivity contribution >= 4 is 16.1 Å². The van der Waals surface area contributed by atoms with Gasteiger partial charge in [-0.05, 0) is 52.0 Å². The van der Waals surface area contributed by atoms with Crippen molar-refractivity contribution in [2.75, 3.05) is 45.5 Å². The van der Waals surface area contributed by atoms with Crippen LogP contribution in [0, 0.1) is 11.8 Å². The van der Waals surface area contributed by atoms with Gasteiger partial charge in [0, 0.05) is 32.7 Å². The van der Waals surface area contributed by atoms with Crippen LogP contribution in [0.4, 0.5) is 4.79 Å². The fraction of sp³-hybridized carbons (Fsp3) is 0.938. The van der Waals surface area contributed by atoms with E-state index in [4.69, 9.17) is 4.74 Å². The number of likely N-dealkylation sites (tertiary alicyclic amines) is 2. The minimum Gasteiger partial charge on any atom is -0.444 e. The smallest absolute Gasteiger partial charge is 0.410 e. The summed E-state index contributed by atoms with van der Waals surface area (Å²) in [7, 11) is -3.11. The Balaban J connectivity index is 1.71. The zero-order chi connectivity index (χ0) is 18.0. The van der Waals surface area contributed by atoms with Gasteiger partial charge in [0.1, 0.15) is 5.60 Å². The molecule has 1 N–H and O–H groups in total. The molecule has 7 nitrogen and oxygen atoms in total. The lowest BCUT2D eigenvalue weighted by atomic mass is 9.81. The van der Waals surface area contributed by atoms with Gasteiger partial charge in [0.15, 0.2) is 0 Å². The Bertz CT molecular complexity index is 538. The van der Waals surface area contributed by atoms with E-state index in [9.17, 15) is 13.2 Å². The van der Waals surface area contributed by atoms with Crippen molar-refractivity contribution in [1.29, 1.82) is 0 Å². The Labute approximate surface area is 145 Å². The van der Waals surface area contributed by atoms with Crippen molar-refractivity contribution in [2.24, 2.45) is 11.8 Å². The number of hydrogen-bond acceptors (Lipinski definition) is 5. The summed E-state index contributed by atoms with van der Waals surface area (Å²) in [6, 6.07) is 0. The van der Waals surface area contributed by atoms with E-state index < -0.39 is 15.6 Å². The molecule has 2 heterocycles. The number of carbonyl (C=O) groups excluding carboxylic acids is 1. The maximum Gasteiger partial charge on any atom is 0.410 e. The van der Waals surface area contributed by atoms with E-state index in [1.54, 1.807) is 4.90 Å². The Morgan fingerprint density at radius 3 is 2.46 bits per heavy atom. The Morgan fingerprint density at radius 2 is 1.88 bits per heavy atom. The van der Waals surface area contributed by atoms with Crippen LogP contribution in [0.2, 0.25) is 0 Å². The quantitative estimate of drug-likeness (QED) is 0.794. The van der Waals surface area contributed by atoms with Crippen LogP contribution in [-0.4, -0.2) is 75.4 Å². The van der Waals surface area contributed by atoms with Crippen LogP contribution < -0.4 is 4.72 Å². The highest BCUT2D eigenvalue weighted by molar-refractivity contribution is 7.88. The molecule has 0 aromatic rings. The molecule has 2 rings (SSSR count). The number of piperidine rings is 1. The summed E-state index contributed by atoms with van der Waals surface area (Å²) in [5, 5.41) is 0. The normalized spacial score (nSPS) is 23.8. The largest absolute Gasteiger partial charge is 0.444 e. The van der Waals surface area contributed by atoms with Crippen LogP contribution in [0.15, 0.2) is 0 Å². The molecule has 8 heteroatoms. The second-order valence-electron chi connectivity index (χ2n) is 8.01. The number of nitrogens with zero attached hydrogens (tertiary/aromatic N) is 2. The van der Waals surface area contributed by atoms with Gasteiger partial charge in [0.2, 0.25) is 10.0 Å². The molecule has 0 bridgehead atoms. The lowest BCUT2D eigenvalue weighted by Gasteiger charge is -2.46.